The van der Waals surface area contributed by atoms with Crippen LogP contribution in [0.4, 0.5) is 5.69 Å². The molecule has 2 heterocycles. The molecule has 0 amide bonds. The second-order valence-electron chi connectivity index (χ2n) is 5.58. The van der Waals surface area contributed by atoms with Crippen molar-refractivity contribution in [3.8, 4) is 0 Å². The molecular formula is C16H23N5. The van der Waals surface area contributed by atoms with E-state index in [1.807, 2.05) is 7.05 Å². The van der Waals surface area contributed by atoms with E-state index in [0.717, 1.165) is 25.3 Å². The van der Waals surface area contributed by atoms with Crippen molar-refractivity contribution in [3.05, 3.63) is 42.0 Å². The zero-order chi connectivity index (χ0) is 14.5. The summed E-state index contributed by atoms with van der Waals surface area (Å²) in [7, 11) is 1.90. The molecule has 1 aliphatic heterocycles. The smallest absolute Gasteiger partial charge is 0.151 e. The van der Waals surface area contributed by atoms with Gasteiger partial charge in [0, 0.05) is 45.3 Å². The number of aromatic nitrogens is 3. The first-order chi connectivity index (χ1) is 10.3. The molecule has 1 aromatic heterocycles. The molecular weight excluding hydrogens is 262 g/mol. The number of anilines is 1. The third-order valence-corrected chi connectivity index (χ3v) is 3.93. The molecule has 1 N–H and O–H groups in total. The summed E-state index contributed by atoms with van der Waals surface area (Å²) in [4.78, 5) is 6.74. The SMILES string of the molecule is Cn1cnc(CCNCc2ccccc2N2CCCC2)n1. The van der Waals surface area contributed by atoms with Crippen molar-refractivity contribution in [2.45, 2.75) is 25.8 Å². The average molecular weight is 285 g/mol. The largest absolute Gasteiger partial charge is 0.371 e. The lowest BCUT2D eigenvalue weighted by Crippen LogP contribution is -2.22. The van der Waals surface area contributed by atoms with E-state index in [9.17, 15) is 0 Å². The Hall–Kier alpha value is -1.88. The Morgan fingerprint density at radius 1 is 1.19 bits per heavy atom. The maximum absolute atomic E-state index is 4.29. The highest BCUT2D eigenvalue weighted by Crippen LogP contribution is 2.24. The van der Waals surface area contributed by atoms with Crippen molar-refractivity contribution < 1.29 is 0 Å². The Morgan fingerprint density at radius 2 is 2.00 bits per heavy atom. The molecule has 0 spiro atoms. The summed E-state index contributed by atoms with van der Waals surface area (Å²) in [6.45, 7) is 4.18. The van der Waals surface area contributed by atoms with E-state index in [0.29, 0.717) is 0 Å². The first-order valence-corrected chi connectivity index (χ1v) is 7.71. The second kappa shape index (κ2) is 6.72. The van der Waals surface area contributed by atoms with Gasteiger partial charge >= 0.3 is 0 Å². The Labute approximate surface area is 126 Å². The van der Waals surface area contributed by atoms with Crippen LogP contribution in [-0.2, 0) is 20.0 Å². The van der Waals surface area contributed by atoms with Gasteiger partial charge in [-0.05, 0) is 24.5 Å². The first kappa shape index (κ1) is 14.1. The van der Waals surface area contributed by atoms with E-state index in [1.54, 1.807) is 11.0 Å². The first-order valence-electron chi connectivity index (χ1n) is 7.71. The molecule has 1 saturated heterocycles. The van der Waals surface area contributed by atoms with Crippen LogP contribution in [0.15, 0.2) is 30.6 Å². The van der Waals surface area contributed by atoms with E-state index in [2.05, 4.69) is 44.6 Å². The molecule has 1 fully saturated rings. The number of rotatable bonds is 6. The minimum Gasteiger partial charge on any atom is -0.371 e. The van der Waals surface area contributed by atoms with Crippen LogP contribution in [0.3, 0.4) is 0 Å². The van der Waals surface area contributed by atoms with E-state index in [1.165, 1.54) is 37.2 Å². The van der Waals surface area contributed by atoms with Crippen molar-refractivity contribution in [1.82, 2.24) is 20.1 Å². The van der Waals surface area contributed by atoms with Crippen LogP contribution in [0.1, 0.15) is 24.2 Å². The van der Waals surface area contributed by atoms with Gasteiger partial charge in [-0.15, -0.1) is 0 Å². The number of para-hydroxylation sites is 1. The molecule has 0 bridgehead atoms. The van der Waals surface area contributed by atoms with Crippen LogP contribution in [-0.4, -0.2) is 34.4 Å². The third kappa shape index (κ3) is 3.61. The summed E-state index contributed by atoms with van der Waals surface area (Å²) >= 11 is 0. The molecule has 1 aromatic carbocycles. The van der Waals surface area contributed by atoms with Crippen molar-refractivity contribution in [1.29, 1.82) is 0 Å². The zero-order valence-electron chi connectivity index (χ0n) is 12.6. The zero-order valence-corrected chi connectivity index (χ0v) is 12.6. The molecule has 5 heteroatoms. The topological polar surface area (TPSA) is 46.0 Å². The normalized spacial score (nSPS) is 14.8. The molecule has 0 saturated carbocycles. The molecule has 3 rings (SSSR count). The number of hydrogen-bond donors (Lipinski definition) is 1. The van der Waals surface area contributed by atoms with Gasteiger partial charge in [-0.3, -0.25) is 4.68 Å². The van der Waals surface area contributed by atoms with Crippen LogP contribution in [0, 0.1) is 0 Å². The standard InChI is InChI=1S/C16H23N5/c1-20-13-18-16(19-20)8-9-17-12-14-6-2-3-7-15(14)21-10-4-5-11-21/h2-3,6-7,13,17H,4-5,8-12H2,1H3. The molecule has 0 radical (unpaired) electrons. The Balaban J connectivity index is 1.53. The summed E-state index contributed by atoms with van der Waals surface area (Å²) < 4.78 is 1.75. The molecule has 2 aromatic rings. The van der Waals surface area contributed by atoms with E-state index in [-0.39, 0.29) is 0 Å². The summed E-state index contributed by atoms with van der Waals surface area (Å²) in [5.74, 6) is 0.901. The van der Waals surface area contributed by atoms with Crippen molar-refractivity contribution in [3.63, 3.8) is 0 Å². The lowest BCUT2D eigenvalue weighted by molar-refractivity contribution is 0.660. The fourth-order valence-corrected chi connectivity index (χ4v) is 2.85. The van der Waals surface area contributed by atoms with Gasteiger partial charge in [-0.1, -0.05) is 18.2 Å². The predicted octanol–water partition coefficient (Wildman–Crippen LogP) is 1.75. The van der Waals surface area contributed by atoms with Crippen LogP contribution in [0.5, 0.6) is 0 Å². The Morgan fingerprint density at radius 3 is 2.76 bits per heavy atom. The van der Waals surface area contributed by atoms with Crippen molar-refractivity contribution >= 4 is 5.69 Å². The van der Waals surface area contributed by atoms with Crippen LogP contribution in [0.25, 0.3) is 0 Å². The van der Waals surface area contributed by atoms with Gasteiger partial charge in [0.05, 0.1) is 0 Å². The molecule has 112 valence electrons. The lowest BCUT2D eigenvalue weighted by Gasteiger charge is -2.21. The minimum atomic E-state index is 0.868. The molecule has 1 aliphatic rings. The van der Waals surface area contributed by atoms with Crippen LogP contribution >= 0.6 is 0 Å². The molecule has 0 atom stereocenters. The van der Waals surface area contributed by atoms with Gasteiger partial charge < -0.3 is 10.2 Å². The quantitative estimate of drug-likeness (QED) is 0.821. The third-order valence-electron chi connectivity index (χ3n) is 3.93. The number of aryl methyl sites for hydroxylation is 1. The van der Waals surface area contributed by atoms with Gasteiger partial charge in [-0.25, -0.2) is 4.98 Å². The van der Waals surface area contributed by atoms with Gasteiger partial charge in [-0.2, -0.15) is 5.10 Å². The number of benzene rings is 1. The minimum absolute atomic E-state index is 0.868. The molecule has 5 nitrogen and oxygen atoms in total. The average Bonchev–Trinajstić information content (AvgIpc) is 3.16. The van der Waals surface area contributed by atoms with E-state index in [4.69, 9.17) is 0 Å². The second-order valence-corrected chi connectivity index (χ2v) is 5.58. The van der Waals surface area contributed by atoms with E-state index < -0.39 is 0 Å². The number of nitrogens with zero attached hydrogens (tertiary/aromatic N) is 4. The lowest BCUT2D eigenvalue weighted by atomic mass is 10.1. The summed E-state index contributed by atoms with van der Waals surface area (Å²) in [6, 6.07) is 8.72. The van der Waals surface area contributed by atoms with Gasteiger partial charge in [0.1, 0.15) is 6.33 Å². The fraction of sp³-hybridized carbons (Fsp3) is 0.500. The van der Waals surface area contributed by atoms with Crippen molar-refractivity contribution in [2.24, 2.45) is 7.05 Å². The van der Waals surface area contributed by atoms with Crippen molar-refractivity contribution in [2.75, 3.05) is 24.5 Å². The molecule has 0 unspecified atom stereocenters. The van der Waals surface area contributed by atoms with Gasteiger partial charge in [0.15, 0.2) is 5.82 Å². The van der Waals surface area contributed by atoms with Gasteiger partial charge in [0.2, 0.25) is 0 Å². The highest BCUT2D eigenvalue weighted by molar-refractivity contribution is 5.54. The maximum atomic E-state index is 4.29. The number of nitrogens with one attached hydrogen (secondary N) is 1. The highest BCUT2D eigenvalue weighted by Gasteiger charge is 2.14. The maximum Gasteiger partial charge on any atom is 0.151 e. The Kier molecular flexibility index (Phi) is 4.50. The van der Waals surface area contributed by atoms with Crippen LogP contribution in [0.2, 0.25) is 0 Å². The number of hydrogen-bond acceptors (Lipinski definition) is 4. The summed E-state index contributed by atoms with van der Waals surface area (Å²) in [5.41, 5.74) is 2.77. The fourth-order valence-electron chi connectivity index (χ4n) is 2.85. The summed E-state index contributed by atoms with van der Waals surface area (Å²) in [6.07, 6.45) is 5.24. The summed E-state index contributed by atoms with van der Waals surface area (Å²) in [5, 5.41) is 7.80. The van der Waals surface area contributed by atoms with E-state index >= 15 is 0 Å². The predicted molar refractivity (Wildman–Crippen MR) is 84.3 cm³/mol. The van der Waals surface area contributed by atoms with Crippen LogP contribution < -0.4 is 10.2 Å². The molecule has 0 aliphatic carbocycles. The molecule has 21 heavy (non-hydrogen) atoms. The monoisotopic (exact) mass is 285 g/mol. The Bertz CT molecular complexity index is 572. The van der Waals surface area contributed by atoms with Gasteiger partial charge in [0.25, 0.3) is 0 Å². The highest BCUT2D eigenvalue weighted by atomic mass is 15.3.